The van der Waals surface area contributed by atoms with E-state index in [4.69, 9.17) is 9.47 Å². The number of nitrogens with one attached hydrogen (secondary N) is 3. The molecule has 3 N–H and O–H groups in total. The molecule has 8 nitrogen and oxygen atoms in total. The number of carbonyl (C=O) groups excluding carboxylic acids is 3. The van der Waals surface area contributed by atoms with E-state index in [1.54, 1.807) is 0 Å². The minimum Gasteiger partial charge on any atom is -0.444 e. The van der Waals surface area contributed by atoms with Gasteiger partial charge in [-0.3, -0.25) is 4.79 Å². The first kappa shape index (κ1) is 52.8. The number of benzene rings is 6. The van der Waals surface area contributed by atoms with Gasteiger partial charge in [-0.05, 0) is 200 Å². The molecule has 10 rings (SSSR count). The maximum atomic E-state index is 14.9. The van der Waals surface area contributed by atoms with E-state index < -0.39 is 29.4 Å². The highest BCUT2D eigenvalue weighted by Crippen LogP contribution is 2.70. The summed E-state index contributed by atoms with van der Waals surface area (Å²) >= 11 is 0. The van der Waals surface area contributed by atoms with Crippen LogP contribution in [0.15, 0.2) is 127 Å². The lowest BCUT2D eigenvalue weighted by molar-refractivity contribution is -0.118. The molecule has 1 unspecified atom stereocenters. The Labute approximate surface area is 452 Å². The van der Waals surface area contributed by atoms with Gasteiger partial charge in [0.15, 0.2) is 0 Å². The van der Waals surface area contributed by atoms with Crippen LogP contribution >= 0.6 is 0 Å². The second kappa shape index (κ2) is 20.0. The van der Waals surface area contributed by atoms with Crippen LogP contribution in [0.4, 0.5) is 15.3 Å². The fourth-order valence-electron chi connectivity index (χ4n) is 13.8. The SMILES string of the molecule is CCC1(CC)CC2(C1)c1cc(-c3ccccc3)ccc1-c1ccc(-c3ccc4c(c3)C3(CC(CC)(CC)C3)c3cc(-c5ccccc5)cc(NC(=O)C(CCCCNC(=O)OC(C)(C)C)NC(=O)OC(C)(C)C)c3-4)cc12. The van der Waals surface area contributed by atoms with Gasteiger partial charge in [-0.1, -0.05) is 150 Å². The Morgan fingerprint density at radius 1 is 0.500 bits per heavy atom. The first-order chi connectivity index (χ1) is 36.3. The minimum absolute atomic E-state index is 0.0321. The Kier molecular flexibility index (Phi) is 13.9. The van der Waals surface area contributed by atoms with Crippen molar-refractivity contribution in [3.05, 3.63) is 150 Å². The van der Waals surface area contributed by atoms with E-state index in [-0.39, 0.29) is 22.2 Å². The van der Waals surface area contributed by atoms with Gasteiger partial charge in [-0.15, -0.1) is 0 Å². The largest absolute Gasteiger partial charge is 0.444 e. The molecule has 396 valence electrons. The van der Waals surface area contributed by atoms with Gasteiger partial charge < -0.3 is 25.4 Å². The number of unbranched alkanes of at least 4 members (excludes halogenated alkanes) is 1. The molecule has 0 saturated heterocycles. The number of amides is 3. The van der Waals surface area contributed by atoms with Gasteiger partial charge in [0, 0.05) is 28.6 Å². The molecule has 0 bridgehead atoms. The van der Waals surface area contributed by atoms with Crippen molar-refractivity contribution in [3.63, 3.8) is 0 Å². The summed E-state index contributed by atoms with van der Waals surface area (Å²) in [5, 5.41) is 9.16. The van der Waals surface area contributed by atoms with Crippen LogP contribution in [0, 0.1) is 10.8 Å². The van der Waals surface area contributed by atoms with Crippen molar-refractivity contribution in [1.29, 1.82) is 0 Å². The fourth-order valence-corrected chi connectivity index (χ4v) is 13.8. The van der Waals surface area contributed by atoms with Crippen LogP contribution in [-0.4, -0.2) is 41.9 Å². The van der Waals surface area contributed by atoms with Gasteiger partial charge in [0.2, 0.25) is 5.91 Å². The molecule has 1 atom stereocenters. The lowest BCUT2D eigenvalue weighted by atomic mass is 9.47. The summed E-state index contributed by atoms with van der Waals surface area (Å²) in [6, 6.07) is 46.4. The van der Waals surface area contributed by atoms with E-state index in [1.807, 2.05) is 47.6 Å². The molecule has 4 aliphatic rings. The van der Waals surface area contributed by atoms with Gasteiger partial charge in [-0.25, -0.2) is 9.59 Å². The molecule has 0 aliphatic heterocycles. The second-order valence-corrected chi connectivity index (χ2v) is 24.9. The van der Waals surface area contributed by atoms with Crippen molar-refractivity contribution in [3.8, 4) is 55.6 Å². The molecule has 0 heterocycles. The molecule has 2 saturated carbocycles. The Balaban J connectivity index is 1.04. The molecule has 2 spiro atoms. The van der Waals surface area contributed by atoms with Crippen LogP contribution < -0.4 is 16.0 Å². The zero-order valence-electron chi connectivity index (χ0n) is 46.7. The van der Waals surface area contributed by atoms with Crippen molar-refractivity contribution in [1.82, 2.24) is 10.6 Å². The Morgan fingerprint density at radius 3 is 1.43 bits per heavy atom. The summed E-state index contributed by atoms with van der Waals surface area (Å²) in [5.74, 6) is -0.322. The van der Waals surface area contributed by atoms with E-state index in [1.165, 1.54) is 68.5 Å². The highest BCUT2D eigenvalue weighted by atomic mass is 16.6. The van der Waals surface area contributed by atoms with Crippen molar-refractivity contribution in [2.45, 2.75) is 168 Å². The summed E-state index contributed by atoms with van der Waals surface area (Å²) in [4.78, 5) is 40.8. The van der Waals surface area contributed by atoms with E-state index in [0.29, 0.717) is 31.2 Å². The van der Waals surface area contributed by atoms with Crippen molar-refractivity contribution in [2.24, 2.45) is 10.8 Å². The number of rotatable bonds is 15. The molecular weight excluding hydrogens is 939 g/mol. The fraction of sp³-hybridized carbons (Fsp3) is 0.426. The lowest BCUT2D eigenvalue weighted by Crippen LogP contribution is -2.49. The number of alkyl carbamates (subject to hydrolysis) is 2. The second-order valence-electron chi connectivity index (χ2n) is 24.9. The third-order valence-corrected chi connectivity index (χ3v) is 17.9. The number of anilines is 1. The van der Waals surface area contributed by atoms with Gasteiger partial charge in [0.1, 0.15) is 17.2 Å². The predicted molar refractivity (Wildman–Crippen MR) is 310 cm³/mol. The molecule has 8 heteroatoms. The van der Waals surface area contributed by atoms with Crippen molar-refractivity contribution < 1.29 is 23.9 Å². The number of carbonyl (C=O) groups is 3. The van der Waals surface area contributed by atoms with Gasteiger partial charge in [-0.2, -0.15) is 0 Å². The standard InChI is InChI=1S/C68H79N3O5/c1-11-65(12-2)40-67(41-65)53-35-46(44-23-17-15-18-24-44)28-31-50(53)51-32-29-47(36-54(51)67)48-30-33-52-55(37-48)68(42-66(13-3,14-4)43-68)56-38-49(45-25-19-16-20-26-45)39-58(59(52)56)70-60(72)57(71-62(74)76-64(8,9)10)27-21-22-34-69-61(73)75-63(5,6)7/h15-20,23-26,28-33,35-39,57H,11-14,21-22,27,34,40-43H2,1-10H3,(H,69,73)(H,70,72)(H,71,74). The highest BCUT2D eigenvalue weighted by Gasteiger charge is 2.60. The molecule has 76 heavy (non-hydrogen) atoms. The van der Waals surface area contributed by atoms with Gasteiger partial charge in [0.25, 0.3) is 0 Å². The summed E-state index contributed by atoms with van der Waals surface area (Å²) in [5.41, 5.74) is 17.1. The number of hydrogen-bond acceptors (Lipinski definition) is 5. The molecule has 0 radical (unpaired) electrons. The summed E-state index contributed by atoms with van der Waals surface area (Å²) < 4.78 is 11.1. The number of fused-ring (bicyclic) bond motifs is 10. The van der Waals surface area contributed by atoms with Gasteiger partial charge in [0.05, 0.1) is 0 Å². The van der Waals surface area contributed by atoms with Crippen molar-refractivity contribution >= 4 is 23.8 Å². The molecule has 2 fully saturated rings. The van der Waals surface area contributed by atoms with Crippen LogP contribution in [-0.2, 0) is 25.1 Å². The van der Waals surface area contributed by atoms with E-state index in [0.717, 1.165) is 66.5 Å². The minimum atomic E-state index is -0.907. The topological polar surface area (TPSA) is 106 Å². The summed E-state index contributed by atoms with van der Waals surface area (Å²) in [6.45, 7) is 20.7. The number of ether oxygens (including phenoxy) is 2. The third kappa shape index (κ3) is 9.75. The van der Waals surface area contributed by atoms with Crippen LogP contribution in [0.25, 0.3) is 55.6 Å². The third-order valence-electron chi connectivity index (χ3n) is 17.9. The smallest absolute Gasteiger partial charge is 0.408 e. The summed E-state index contributed by atoms with van der Waals surface area (Å²) in [6.07, 6.45) is 9.24. The molecule has 4 aliphatic carbocycles. The maximum Gasteiger partial charge on any atom is 0.408 e. The van der Waals surface area contributed by atoms with E-state index >= 15 is 0 Å². The quantitative estimate of drug-likeness (QED) is 0.0889. The predicted octanol–water partition coefficient (Wildman–Crippen LogP) is 16.9. The zero-order chi connectivity index (χ0) is 53.8. The molecule has 6 aromatic carbocycles. The summed E-state index contributed by atoms with van der Waals surface area (Å²) in [7, 11) is 0. The maximum absolute atomic E-state index is 14.9. The average Bonchev–Trinajstić information content (AvgIpc) is 4.05. The van der Waals surface area contributed by atoms with Gasteiger partial charge >= 0.3 is 12.2 Å². The van der Waals surface area contributed by atoms with Crippen molar-refractivity contribution in [2.75, 3.05) is 11.9 Å². The Bertz CT molecular complexity index is 3160. The Morgan fingerprint density at radius 2 is 0.934 bits per heavy atom. The van der Waals surface area contributed by atoms with Crippen LogP contribution in [0.5, 0.6) is 0 Å². The van der Waals surface area contributed by atoms with Crippen LogP contribution in [0.2, 0.25) is 0 Å². The first-order valence-corrected chi connectivity index (χ1v) is 28.3. The van der Waals surface area contributed by atoms with E-state index in [9.17, 15) is 14.4 Å². The van der Waals surface area contributed by atoms with Crippen LogP contribution in [0.1, 0.15) is 162 Å². The Hall–Kier alpha value is -6.67. The first-order valence-electron chi connectivity index (χ1n) is 28.3. The average molecular weight is 1020 g/mol. The normalized spacial score (nSPS) is 17.0. The monoisotopic (exact) mass is 1020 g/mol. The molecule has 3 amide bonds. The van der Waals surface area contributed by atoms with Crippen LogP contribution in [0.3, 0.4) is 0 Å². The lowest BCUT2D eigenvalue weighted by Gasteiger charge is -2.56. The number of hydrogen-bond donors (Lipinski definition) is 3. The molecular formula is C68H79N3O5. The van der Waals surface area contributed by atoms with E-state index in [2.05, 4.69) is 165 Å². The molecule has 6 aromatic rings. The highest BCUT2D eigenvalue weighted by molar-refractivity contribution is 6.04. The molecule has 0 aromatic heterocycles. The zero-order valence-corrected chi connectivity index (χ0v) is 46.7.